The van der Waals surface area contributed by atoms with Gasteiger partial charge in [-0.3, -0.25) is 14.9 Å². The minimum absolute atomic E-state index is 0.193. The molecule has 3 rings (SSSR count). The van der Waals surface area contributed by atoms with Crippen molar-refractivity contribution in [3.8, 4) is 6.07 Å². The first kappa shape index (κ1) is 16.3. The Balaban J connectivity index is 1.88. The van der Waals surface area contributed by atoms with Crippen molar-refractivity contribution in [3.05, 3.63) is 0 Å². The number of carbonyl (C=O) groups is 2. The largest absolute Gasteiger partial charge is 0.354 e. The molecule has 2 saturated heterocycles. The van der Waals surface area contributed by atoms with Gasteiger partial charge in [0, 0.05) is 19.1 Å². The van der Waals surface area contributed by atoms with Crippen molar-refractivity contribution in [1.82, 2.24) is 15.5 Å². The van der Waals surface area contributed by atoms with Gasteiger partial charge < -0.3 is 10.2 Å². The summed E-state index contributed by atoms with van der Waals surface area (Å²) in [5.74, 6) is -0.0247. The highest BCUT2D eigenvalue weighted by molar-refractivity contribution is 6.10. The molecule has 1 saturated carbocycles. The van der Waals surface area contributed by atoms with Crippen LogP contribution in [0.3, 0.4) is 0 Å². The Morgan fingerprint density at radius 3 is 2.78 bits per heavy atom. The summed E-state index contributed by atoms with van der Waals surface area (Å²) in [6, 6.07) is 2.07. The lowest BCUT2D eigenvalue weighted by molar-refractivity contribution is -0.145. The molecule has 0 aromatic carbocycles. The van der Waals surface area contributed by atoms with Crippen LogP contribution in [-0.4, -0.2) is 47.4 Å². The van der Waals surface area contributed by atoms with Crippen LogP contribution in [0.25, 0.3) is 0 Å². The van der Waals surface area contributed by atoms with Gasteiger partial charge in [0.25, 0.3) is 5.91 Å². The van der Waals surface area contributed by atoms with Crippen LogP contribution >= 0.6 is 0 Å². The number of hydrogen-bond donors (Lipinski definition) is 2. The van der Waals surface area contributed by atoms with Crippen molar-refractivity contribution in [1.29, 1.82) is 5.26 Å². The topological polar surface area (TPSA) is 85.2 Å². The number of likely N-dealkylation sites (tertiary alicyclic amines) is 1. The average molecular weight is 318 g/mol. The van der Waals surface area contributed by atoms with Crippen LogP contribution in [0.15, 0.2) is 0 Å². The molecule has 2 heterocycles. The molecule has 126 valence electrons. The summed E-state index contributed by atoms with van der Waals surface area (Å²) < 4.78 is 0. The number of amides is 2. The Hall–Kier alpha value is -1.61. The fourth-order valence-electron chi connectivity index (χ4n) is 4.52. The van der Waals surface area contributed by atoms with Crippen molar-refractivity contribution in [3.63, 3.8) is 0 Å². The van der Waals surface area contributed by atoms with Crippen LogP contribution in [0.2, 0.25) is 0 Å². The molecule has 1 aliphatic carbocycles. The van der Waals surface area contributed by atoms with E-state index in [0.717, 1.165) is 25.7 Å². The minimum atomic E-state index is -1.17. The molecular weight excluding hydrogens is 292 g/mol. The summed E-state index contributed by atoms with van der Waals surface area (Å²) in [5, 5.41) is 15.5. The lowest BCUT2D eigenvalue weighted by atomic mass is 9.82. The maximum atomic E-state index is 13.3. The van der Waals surface area contributed by atoms with E-state index in [-0.39, 0.29) is 17.9 Å². The van der Waals surface area contributed by atoms with Crippen LogP contribution in [0, 0.1) is 17.2 Å². The number of fused-ring (bicyclic) bond motifs is 1. The van der Waals surface area contributed by atoms with Crippen LogP contribution in [0.5, 0.6) is 0 Å². The Bertz CT molecular complexity index is 513. The lowest BCUT2D eigenvalue weighted by Gasteiger charge is -2.33. The quantitative estimate of drug-likeness (QED) is 0.758. The molecule has 3 fully saturated rings. The van der Waals surface area contributed by atoms with E-state index in [0.29, 0.717) is 31.8 Å². The highest BCUT2D eigenvalue weighted by atomic mass is 16.2. The molecule has 0 bridgehead atoms. The Morgan fingerprint density at radius 1 is 1.30 bits per heavy atom. The van der Waals surface area contributed by atoms with Crippen LogP contribution < -0.4 is 10.6 Å². The third-order valence-corrected chi connectivity index (χ3v) is 5.66. The van der Waals surface area contributed by atoms with Gasteiger partial charge in [-0.15, -0.1) is 0 Å². The second-order valence-electron chi connectivity index (χ2n) is 7.05. The second-order valence-corrected chi connectivity index (χ2v) is 7.05. The smallest absolute Gasteiger partial charge is 0.253 e. The Kier molecular flexibility index (Phi) is 4.58. The predicted molar refractivity (Wildman–Crippen MR) is 85.3 cm³/mol. The molecule has 6 heteroatoms. The van der Waals surface area contributed by atoms with Crippen LogP contribution in [0.4, 0.5) is 0 Å². The number of hydrogen-bond acceptors (Lipinski definition) is 4. The van der Waals surface area contributed by atoms with Gasteiger partial charge in [0.05, 0.1) is 6.07 Å². The summed E-state index contributed by atoms with van der Waals surface area (Å²) >= 11 is 0. The van der Waals surface area contributed by atoms with Gasteiger partial charge >= 0.3 is 0 Å². The molecular formula is C17H26N4O2. The fourth-order valence-corrected chi connectivity index (χ4v) is 4.52. The van der Waals surface area contributed by atoms with E-state index in [4.69, 9.17) is 0 Å². The fraction of sp³-hybridized carbons (Fsp3) is 0.824. The molecule has 3 aliphatic rings. The minimum Gasteiger partial charge on any atom is -0.354 e. The van der Waals surface area contributed by atoms with E-state index < -0.39 is 11.6 Å². The molecule has 0 aromatic heterocycles. The zero-order valence-corrected chi connectivity index (χ0v) is 13.8. The summed E-state index contributed by atoms with van der Waals surface area (Å²) in [7, 11) is 0. The van der Waals surface area contributed by atoms with E-state index in [1.165, 1.54) is 6.42 Å². The first-order chi connectivity index (χ1) is 11.1. The van der Waals surface area contributed by atoms with Gasteiger partial charge in [-0.25, -0.2) is 0 Å². The van der Waals surface area contributed by atoms with Gasteiger partial charge in [0.2, 0.25) is 5.91 Å². The zero-order valence-electron chi connectivity index (χ0n) is 13.8. The summed E-state index contributed by atoms with van der Waals surface area (Å²) in [6.07, 6.45) is 6.54. The summed E-state index contributed by atoms with van der Waals surface area (Å²) in [6.45, 7) is 2.95. The van der Waals surface area contributed by atoms with Gasteiger partial charge in [-0.05, 0) is 44.9 Å². The van der Waals surface area contributed by atoms with E-state index in [1.807, 2.05) is 6.92 Å². The standard InChI is InChI=1S/C17H26N4O2/c1-2-19-15(22)17(10-12-6-3-4-8-14(12)20-17)16(23)21-9-5-7-13(21)11-18/h12-14,20H,2-10H2,1H3,(H,19,22)/t12?,13-,14?,17+/m0/s1. The van der Waals surface area contributed by atoms with Crippen molar-refractivity contribution in [2.75, 3.05) is 13.1 Å². The van der Waals surface area contributed by atoms with Gasteiger partial charge in [0.15, 0.2) is 5.54 Å². The lowest BCUT2D eigenvalue weighted by Crippen LogP contribution is -2.64. The molecule has 2 N–H and O–H groups in total. The van der Waals surface area contributed by atoms with E-state index >= 15 is 0 Å². The highest BCUT2D eigenvalue weighted by Crippen LogP contribution is 2.40. The third-order valence-electron chi connectivity index (χ3n) is 5.66. The molecule has 6 nitrogen and oxygen atoms in total. The molecule has 0 spiro atoms. The van der Waals surface area contributed by atoms with E-state index in [2.05, 4.69) is 16.7 Å². The van der Waals surface area contributed by atoms with Crippen molar-refractivity contribution in [2.24, 2.45) is 5.92 Å². The van der Waals surface area contributed by atoms with Crippen LogP contribution in [-0.2, 0) is 9.59 Å². The second kappa shape index (κ2) is 6.48. The van der Waals surface area contributed by atoms with Crippen molar-refractivity contribution >= 4 is 11.8 Å². The molecule has 2 aliphatic heterocycles. The molecule has 23 heavy (non-hydrogen) atoms. The number of nitrogens with one attached hydrogen (secondary N) is 2. The zero-order chi connectivity index (χ0) is 16.4. The maximum absolute atomic E-state index is 13.3. The van der Waals surface area contributed by atoms with Gasteiger partial charge in [-0.2, -0.15) is 5.26 Å². The van der Waals surface area contributed by atoms with Crippen molar-refractivity contribution < 1.29 is 9.59 Å². The average Bonchev–Trinajstić information content (AvgIpc) is 3.19. The van der Waals surface area contributed by atoms with Gasteiger partial charge in [0.1, 0.15) is 6.04 Å². The van der Waals surface area contributed by atoms with Crippen LogP contribution in [0.1, 0.15) is 51.9 Å². The SMILES string of the molecule is CCNC(=O)[C@@]1(C(=O)N2CCC[C@H]2C#N)CC2CCCCC2N1. The monoisotopic (exact) mass is 318 g/mol. The van der Waals surface area contributed by atoms with E-state index in [9.17, 15) is 14.9 Å². The Labute approximate surface area is 137 Å². The molecule has 0 aromatic rings. The number of likely N-dealkylation sites (N-methyl/N-ethyl adjacent to an activating group) is 1. The first-order valence-corrected chi connectivity index (χ1v) is 8.89. The molecule has 4 atom stereocenters. The third kappa shape index (κ3) is 2.72. The molecule has 2 unspecified atom stereocenters. The predicted octanol–water partition coefficient (Wildman–Crippen LogP) is 0.928. The van der Waals surface area contributed by atoms with Gasteiger partial charge in [-0.1, -0.05) is 12.8 Å². The Morgan fingerprint density at radius 2 is 2.09 bits per heavy atom. The van der Waals surface area contributed by atoms with E-state index in [1.54, 1.807) is 4.90 Å². The summed E-state index contributed by atoms with van der Waals surface area (Å²) in [5.41, 5.74) is -1.17. The number of rotatable bonds is 3. The highest BCUT2D eigenvalue weighted by Gasteiger charge is 2.57. The molecule has 2 amide bonds. The van der Waals surface area contributed by atoms with Crippen molar-refractivity contribution in [2.45, 2.75) is 69.5 Å². The first-order valence-electron chi connectivity index (χ1n) is 8.89. The normalized spacial score (nSPS) is 36.3. The maximum Gasteiger partial charge on any atom is 0.253 e. The number of nitriles is 1. The number of carbonyl (C=O) groups excluding carboxylic acids is 2. The summed E-state index contributed by atoms with van der Waals surface area (Å²) in [4.78, 5) is 27.7. The number of nitrogens with zero attached hydrogens (tertiary/aromatic N) is 2. The molecule has 0 radical (unpaired) electrons.